The first-order chi connectivity index (χ1) is 6.28. The predicted molar refractivity (Wildman–Crippen MR) is 39.9 cm³/mol. The third-order valence-corrected chi connectivity index (χ3v) is 1.21. The van der Waals surface area contributed by atoms with Crippen molar-refractivity contribution in [2.45, 2.75) is 18.5 Å². The lowest BCUT2D eigenvalue weighted by atomic mass is 10.2. The first-order valence-electron chi connectivity index (χ1n) is 3.58. The van der Waals surface area contributed by atoms with Crippen molar-refractivity contribution in [1.29, 1.82) is 0 Å². The fourth-order valence-corrected chi connectivity index (χ4v) is 0.673. The van der Waals surface area contributed by atoms with Crippen molar-refractivity contribution >= 4 is 0 Å². The standard InChI is InChI=1S/C8H8F6/c1-5(10)2-8(13,14)3-6(11)7(12)4-9/h3,7H,1-2,4H2. The quantitative estimate of drug-likeness (QED) is 0.618. The summed E-state index contributed by atoms with van der Waals surface area (Å²) in [5.74, 6) is -7.21. The number of allylic oxidation sites excluding steroid dienone is 3. The highest BCUT2D eigenvalue weighted by molar-refractivity contribution is 5.08. The van der Waals surface area contributed by atoms with E-state index < -0.39 is 42.9 Å². The molecule has 0 saturated carbocycles. The lowest BCUT2D eigenvalue weighted by molar-refractivity contribution is 0.0462. The predicted octanol–water partition coefficient (Wildman–Crippen LogP) is 3.66. The first kappa shape index (κ1) is 13.1. The van der Waals surface area contributed by atoms with Crippen LogP contribution in [0.3, 0.4) is 0 Å². The molecular weight excluding hydrogens is 210 g/mol. The monoisotopic (exact) mass is 218 g/mol. The molecule has 0 bridgehead atoms. The Morgan fingerprint density at radius 2 is 1.86 bits per heavy atom. The summed E-state index contributed by atoms with van der Waals surface area (Å²) in [5.41, 5.74) is 0. The van der Waals surface area contributed by atoms with Crippen LogP contribution in [-0.4, -0.2) is 18.8 Å². The van der Waals surface area contributed by atoms with Crippen LogP contribution in [0.1, 0.15) is 6.42 Å². The summed E-state index contributed by atoms with van der Waals surface area (Å²) in [7, 11) is 0. The van der Waals surface area contributed by atoms with E-state index in [1.54, 1.807) is 0 Å². The molecule has 0 aliphatic heterocycles. The van der Waals surface area contributed by atoms with E-state index in [0.717, 1.165) is 0 Å². The molecule has 0 amide bonds. The van der Waals surface area contributed by atoms with Crippen molar-refractivity contribution in [3.8, 4) is 0 Å². The second-order valence-corrected chi connectivity index (χ2v) is 2.61. The molecular formula is C8H8F6. The zero-order valence-electron chi connectivity index (χ0n) is 7.04. The Hall–Kier alpha value is -0.940. The van der Waals surface area contributed by atoms with Crippen LogP contribution in [0.2, 0.25) is 0 Å². The molecule has 0 saturated heterocycles. The molecule has 0 aliphatic carbocycles. The minimum atomic E-state index is -3.89. The van der Waals surface area contributed by atoms with Gasteiger partial charge in [-0.2, -0.15) is 0 Å². The Labute approximate surface area is 76.9 Å². The molecule has 0 heterocycles. The Balaban J connectivity index is 4.52. The summed E-state index contributed by atoms with van der Waals surface area (Å²) < 4.78 is 72.9. The van der Waals surface area contributed by atoms with Crippen molar-refractivity contribution in [2.24, 2.45) is 0 Å². The number of hydrogen-bond donors (Lipinski definition) is 0. The molecule has 0 aliphatic rings. The van der Waals surface area contributed by atoms with Crippen LogP contribution in [0.25, 0.3) is 0 Å². The van der Waals surface area contributed by atoms with Gasteiger partial charge in [0.05, 0.1) is 12.2 Å². The van der Waals surface area contributed by atoms with Crippen LogP contribution in [0.5, 0.6) is 0 Å². The highest BCUT2D eigenvalue weighted by atomic mass is 19.3. The van der Waals surface area contributed by atoms with Gasteiger partial charge in [0.25, 0.3) is 5.92 Å². The van der Waals surface area contributed by atoms with E-state index >= 15 is 0 Å². The second-order valence-electron chi connectivity index (χ2n) is 2.61. The summed E-state index contributed by atoms with van der Waals surface area (Å²) in [6.07, 6.45) is -4.62. The van der Waals surface area contributed by atoms with E-state index in [1.165, 1.54) is 0 Å². The maximum absolute atomic E-state index is 12.5. The van der Waals surface area contributed by atoms with Gasteiger partial charge in [0.1, 0.15) is 12.5 Å². The summed E-state index contributed by atoms with van der Waals surface area (Å²) in [6.45, 7) is 0.805. The van der Waals surface area contributed by atoms with E-state index in [1.807, 2.05) is 0 Å². The minimum absolute atomic E-state index is 0.442. The summed E-state index contributed by atoms with van der Waals surface area (Å²) in [6, 6.07) is 0. The van der Waals surface area contributed by atoms with E-state index in [-0.39, 0.29) is 0 Å². The van der Waals surface area contributed by atoms with Crippen molar-refractivity contribution in [1.82, 2.24) is 0 Å². The van der Waals surface area contributed by atoms with E-state index in [0.29, 0.717) is 0 Å². The smallest absolute Gasteiger partial charge is 0.247 e. The van der Waals surface area contributed by atoms with Crippen LogP contribution < -0.4 is 0 Å². The number of halogens is 6. The fourth-order valence-electron chi connectivity index (χ4n) is 0.673. The van der Waals surface area contributed by atoms with Crippen molar-refractivity contribution in [3.63, 3.8) is 0 Å². The van der Waals surface area contributed by atoms with Crippen LogP contribution >= 0.6 is 0 Å². The van der Waals surface area contributed by atoms with E-state index in [4.69, 9.17) is 0 Å². The molecule has 0 aromatic carbocycles. The fraction of sp³-hybridized carbons (Fsp3) is 0.500. The molecule has 0 aromatic rings. The molecule has 1 unspecified atom stereocenters. The zero-order valence-corrected chi connectivity index (χ0v) is 7.04. The molecule has 0 radical (unpaired) electrons. The highest BCUT2D eigenvalue weighted by Crippen LogP contribution is 2.27. The first-order valence-corrected chi connectivity index (χ1v) is 3.58. The highest BCUT2D eigenvalue weighted by Gasteiger charge is 2.30. The van der Waals surface area contributed by atoms with E-state index in [9.17, 15) is 26.3 Å². The van der Waals surface area contributed by atoms with Gasteiger partial charge in [0, 0.05) is 6.08 Å². The third kappa shape index (κ3) is 4.94. The van der Waals surface area contributed by atoms with Gasteiger partial charge >= 0.3 is 0 Å². The van der Waals surface area contributed by atoms with Gasteiger partial charge in [-0.1, -0.05) is 6.58 Å². The topological polar surface area (TPSA) is 0 Å². The van der Waals surface area contributed by atoms with Gasteiger partial charge in [-0.05, 0) is 0 Å². The number of alkyl halides is 4. The molecule has 0 spiro atoms. The Morgan fingerprint density at radius 3 is 2.21 bits per heavy atom. The molecule has 0 nitrogen and oxygen atoms in total. The van der Waals surface area contributed by atoms with Gasteiger partial charge in [-0.3, -0.25) is 0 Å². The normalized spacial score (nSPS) is 15.4. The van der Waals surface area contributed by atoms with Gasteiger partial charge in [0.2, 0.25) is 0 Å². The number of rotatable bonds is 5. The number of hydrogen-bond acceptors (Lipinski definition) is 0. The molecule has 0 aromatic heterocycles. The van der Waals surface area contributed by atoms with Gasteiger partial charge in [-0.25, -0.2) is 26.3 Å². The average Bonchev–Trinajstić information content (AvgIpc) is 1.99. The average molecular weight is 218 g/mol. The molecule has 0 rings (SSSR count). The van der Waals surface area contributed by atoms with Crippen molar-refractivity contribution in [2.75, 3.05) is 6.67 Å². The molecule has 14 heavy (non-hydrogen) atoms. The molecule has 6 heteroatoms. The van der Waals surface area contributed by atoms with Crippen LogP contribution in [0.15, 0.2) is 24.3 Å². The summed E-state index contributed by atoms with van der Waals surface area (Å²) >= 11 is 0. The Bertz CT molecular complexity index is 232. The van der Waals surface area contributed by atoms with Crippen LogP contribution in [0.4, 0.5) is 26.3 Å². The lowest BCUT2D eigenvalue weighted by Crippen LogP contribution is -2.15. The van der Waals surface area contributed by atoms with E-state index in [2.05, 4.69) is 6.58 Å². The maximum atomic E-state index is 12.5. The Morgan fingerprint density at radius 1 is 1.36 bits per heavy atom. The molecule has 0 fully saturated rings. The summed E-state index contributed by atoms with van der Waals surface area (Å²) in [4.78, 5) is 0. The SMILES string of the molecule is C=C(F)CC(F)(F)C=C(F)C(F)CF. The van der Waals surface area contributed by atoms with Gasteiger partial charge in [0.15, 0.2) is 6.17 Å². The Kier molecular flexibility index (Phi) is 4.73. The van der Waals surface area contributed by atoms with Gasteiger partial charge < -0.3 is 0 Å². The van der Waals surface area contributed by atoms with Crippen LogP contribution in [-0.2, 0) is 0 Å². The maximum Gasteiger partial charge on any atom is 0.275 e. The summed E-state index contributed by atoms with van der Waals surface area (Å²) in [5, 5.41) is 0. The van der Waals surface area contributed by atoms with Crippen LogP contribution in [0, 0.1) is 0 Å². The van der Waals surface area contributed by atoms with Crippen molar-refractivity contribution in [3.05, 3.63) is 24.3 Å². The lowest BCUT2D eigenvalue weighted by Gasteiger charge is -2.10. The van der Waals surface area contributed by atoms with Crippen molar-refractivity contribution < 1.29 is 26.3 Å². The zero-order chi connectivity index (χ0) is 11.4. The van der Waals surface area contributed by atoms with Gasteiger partial charge in [-0.15, -0.1) is 0 Å². The molecule has 0 N–H and O–H groups in total. The molecule has 1 atom stereocenters. The largest absolute Gasteiger partial charge is 0.275 e. The third-order valence-electron chi connectivity index (χ3n) is 1.21. The minimum Gasteiger partial charge on any atom is -0.247 e. The second kappa shape index (κ2) is 5.07. The molecule has 82 valence electrons.